The molecule has 0 bridgehead atoms. The Kier molecular flexibility index (Phi) is 6.06. The predicted octanol–water partition coefficient (Wildman–Crippen LogP) is 4.99. The van der Waals surface area contributed by atoms with Crippen LogP contribution in [0.3, 0.4) is 0 Å². The fraction of sp³-hybridized carbons (Fsp3) is 0.333. The van der Waals surface area contributed by atoms with Crippen LogP contribution in [-0.2, 0) is 9.59 Å². The predicted molar refractivity (Wildman–Crippen MR) is 113 cm³/mol. The highest BCUT2D eigenvalue weighted by atomic mass is 16.5. The largest absolute Gasteiger partial charge is 0.503 e. The van der Waals surface area contributed by atoms with E-state index < -0.39 is 17.7 Å². The van der Waals surface area contributed by atoms with E-state index >= 15 is 0 Å². The average molecular weight is 393 g/mol. The van der Waals surface area contributed by atoms with Crippen molar-refractivity contribution in [2.75, 3.05) is 4.90 Å². The quantitative estimate of drug-likeness (QED) is 0.720. The smallest absolute Gasteiger partial charge is 0.294 e. The molecule has 5 heteroatoms. The third kappa shape index (κ3) is 4.34. The molecule has 1 N–H and O–H groups in total. The molecular weight excluding hydrogens is 366 g/mol. The van der Waals surface area contributed by atoms with Crippen LogP contribution in [0.4, 0.5) is 5.69 Å². The highest BCUT2D eigenvalue weighted by molar-refractivity contribution is 6.16. The van der Waals surface area contributed by atoms with E-state index in [9.17, 15) is 14.7 Å². The molecule has 1 aliphatic rings. The molecule has 5 nitrogen and oxygen atoms in total. The lowest BCUT2D eigenvalue weighted by molar-refractivity contribution is -0.118. The summed E-state index contributed by atoms with van der Waals surface area (Å²) in [5.41, 5.74) is 1.53. The van der Waals surface area contributed by atoms with E-state index in [2.05, 4.69) is 0 Å². The Morgan fingerprint density at radius 3 is 2.21 bits per heavy atom. The summed E-state index contributed by atoms with van der Waals surface area (Å²) in [4.78, 5) is 27.4. The topological polar surface area (TPSA) is 66.8 Å². The van der Waals surface area contributed by atoms with Gasteiger partial charge in [0.1, 0.15) is 5.75 Å². The summed E-state index contributed by atoms with van der Waals surface area (Å²) in [6.45, 7) is 7.77. The molecule has 1 heterocycles. The summed E-state index contributed by atoms with van der Waals surface area (Å²) in [6.07, 6.45) is 0.308. The molecular formula is C24H27NO4. The maximum atomic E-state index is 13.0. The average Bonchev–Trinajstić information content (AvgIpc) is 2.93. The monoisotopic (exact) mass is 393 g/mol. The minimum atomic E-state index is -0.677. The number of carbonyl (C=O) groups excluding carboxylic acids is 2. The molecule has 1 atom stereocenters. The van der Waals surface area contributed by atoms with Crippen molar-refractivity contribution in [3.63, 3.8) is 0 Å². The highest BCUT2D eigenvalue weighted by Crippen LogP contribution is 2.41. The Morgan fingerprint density at radius 2 is 1.66 bits per heavy atom. The number of nitrogens with zero attached hydrogens (tertiary/aromatic N) is 1. The van der Waals surface area contributed by atoms with E-state index in [1.165, 1.54) is 4.90 Å². The third-order valence-corrected chi connectivity index (χ3v) is 4.70. The zero-order valence-electron chi connectivity index (χ0n) is 17.3. The minimum absolute atomic E-state index is 0.0434. The number of hydrogen-bond donors (Lipinski definition) is 1. The maximum Gasteiger partial charge on any atom is 0.294 e. The van der Waals surface area contributed by atoms with Crippen LogP contribution in [-0.4, -0.2) is 22.9 Å². The highest BCUT2D eigenvalue weighted by Gasteiger charge is 2.44. The Bertz CT molecular complexity index is 914. The fourth-order valence-electron chi connectivity index (χ4n) is 3.54. The fourth-order valence-corrected chi connectivity index (χ4v) is 3.54. The third-order valence-electron chi connectivity index (χ3n) is 4.70. The molecule has 152 valence electrons. The number of anilines is 1. The number of aliphatic hydroxyl groups is 1. The Hall–Kier alpha value is -3.08. The molecule has 0 aliphatic carbocycles. The zero-order chi connectivity index (χ0) is 21.1. The van der Waals surface area contributed by atoms with Crippen molar-refractivity contribution in [3.05, 3.63) is 71.5 Å². The van der Waals surface area contributed by atoms with Gasteiger partial charge in [0.2, 0.25) is 0 Å². The van der Waals surface area contributed by atoms with E-state index in [-0.39, 0.29) is 29.8 Å². The van der Waals surface area contributed by atoms with Gasteiger partial charge in [-0.3, -0.25) is 14.5 Å². The first-order chi connectivity index (χ1) is 13.8. The maximum absolute atomic E-state index is 13.0. The van der Waals surface area contributed by atoms with E-state index in [4.69, 9.17) is 4.74 Å². The van der Waals surface area contributed by atoms with Crippen molar-refractivity contribution in [2.45, 2.75) is 46.3 Å². The van der Waals surface area contributed by atoms with Crippen molar-refractivity contribution < 1.29 is 19.4 Å². The second-order valence-electron chi connectivity index (χ2n) is 7.93. The molecule has 2 aromatic carbocycles. The van der Waals surface area contributed by atoms with Crippen LogP contribution in [0.25, 0.3) is 0 Å². The number of rotatable bonds is 7. The van der Waals surface area contributed by atoms with Crippen molar-refractivity contribution in [3.8, 4) is 5.75 Å². The van der Waals surface area contributed by atoms with Gasteiger partial charge in [-0.1, -0.05) is 44.2 Å². The standard InChI is InChI=1S/C24H27NO4/c1-15(2)14-20(26)21-22(17-10-12-19(13-11-17)29-16(3)4)25(24(28)23(21)27)18-8-6-5-7-9-18/h5-13,15-16,22,27H,14H2,1-4H3. The molecule has 1 unspecified atom stereocenters. The van der Waals surface area contributed by atoms with Crippen molar-refractivity contribution >= 4 is 17.4 Å². The molecule has 3 rings (SSSR count). The second-order valence-corrected chi connectivity index (χ2v) is 7.93. The summed E-state index contributed by atoms with van der Waals surface area (Å²) in [5, 5.41) is 10.6. The van der Waals surface area contributed by atoms with Gasteiger partial charge < -0.3 is 9.84 Å². The van der Waals surface area contributed by atoms with Gasteiger partial charge >= 0.3 is 0 Å². The molecule has 1 amide bonds. The first kappa shape index (κ1) is 20.6. The second kappa shape index (κ2) is 8.52. The summed E-state index contributed by atoms with van der Waals surface area (Å²) < 4.78 is 5.70. The van der Waals surface area contributed by atoms with Gasteiger partial charge in [-0.15, -0.1) is 0 Å². The van der Waals surface area contributed by atoms with E-state index in [0.29, 0.717) is 11.4 Å². The van der Waals surface area contributed by atoms with Crippen LogP contribution >= 0.6 is 0 Å². The minimum Gasteiger partial charge on any atom is -0.503 e. The summed E-state index contributed by atoms with van der Waals surface area (Å²) in [7, 11) is 0. The number of Topliss-reactive ketones (excluding diaryl/α,β-unsaturated/α-hetero) is 1. The molecule has 0 fully saturated rings. The molecule has 0 saturated carbocycles. The molecule has 0 spiro atoms. The molecule has 1 aliphatic heterocycles. The van der Waals surface area contributed by atoms with E-state index in [1.54, 1.807) is 12.1 Å². The molecule has 0 aromatic heterocycles. The number of ether oxygens (including phenoxy) is 1. The number of aliphatic hydroxyl groups excluding tert-OH is 1. The van der Waals surface area contributed by atoms with Crippen molar-refractivity contribution in [1.29, 1.82) is 0 Å². The SMILES string of the molecule is CC(C)CC(=O)C1=C(O)C(=O)N(c2ccccc2)C1c1ccc(OC(C)C)cc1. The molecule has 29 heavy (non-hydrogen) atoms. The van der Waals surface area contributed by atoms with Crippen molar-refractivity contribution in [1.82, 2.24) is 0 Å². The number of benzene rings is 2. The van der Waals surface area contributed by atoms with Crippen LogP contribution < -0.4 is 9.64 Å². The summed E-state index contributed by atoms with van der Waals surface area (Å²) >= 11 is 0. The first-order valence-electron chi connectivity index (χ1n) is 9.91. The summed E-state index contributed by atoms with van der Waals surface area (Å²) in [6, 6.07) is 15.7. The molecule has 2 aromatic rings. The zero-order valence-corrected chi connectivity index (χ0v) is 17.3. The van der Waals surface area contributed by atoms with Crippen LogP contribution in [0.5, 0.6) is 5.75 Å². The van der Waals surface area contributed by atoms with E-state index in [1.807, 2.05) is 70.2 Å². The van der Waals surface area contributed by atoms with Crippen LogP contribution in [0.1, 0.15) is 45.7 Å². The van der Waals surface area contributed by atoms with Gasteiger partial charge in [-0.25, -0.2) is 0 Å². The Balaban J connectivity index is 2.07. The number of hydrogen-bond acceptors (Lipinski definition) is 4. The molecule has 0 radical (unpaired) electrons. The number of para-hydroxylation sites is 1. The lowest BCUT2D eigenvalue weighted by Crippen LogP contribution is -2.31. The van der Waals surface area contributed by atoms with Gasteiger partial charge in [0, 0.05) is 12.1 Å². The van der Waals surface area contributed by atoms with Crippen LogP contribution in [0, 0.1) is 5.92 Å². The summed E-state index contributed by atoms with van der Waals surface area (Å²) in [5.74, 6) is -0.409. The Labute approximate surface area is 171 Å². The van der Waals surface area contributed by atoms with E-state index in [0.717, 1.165) is 5.56 Å². The van der Waals surface area contributed by atoms with Gasteiger partial charge in [0.05, 0.1) is 17.7 Å². The van der Waals surface area contributed by atoms with Gasteiger partial charge in [-0.2, -0.15) is 0 Å². The first-order valence-corrected chi connectivity index (χ1v) is 9.91. The van der Waals surface area contributed by atoms with Crippen LogP contribution in [0.15, 0.2) is 65.9 Å². The van der Waals surface area contributed by atoms with Gasteiger partial charge in [0.15, 0.2) is 11.5 Å². The normalized spacial score (nSPS) is 16.8. The van der Waals surface area contributed by atoms with Gasteiger partial charge in [-0.05, 0) is 49.6 Å². The van der Waals surface area contributed by atoms with Crippen molar-refractivity contribution in [2.24, 2.45) is 5.92 Å². The number of ketones is 1. The lowest BCUT2D eigenvalue weighted by Gasteiger charge is -2.27. The number of amides is 1. The number of carbonyl (C=O) groups is 2. The van der Waals surface area contributed by atoms with Gasteiger partial charge in [0.25, 0.3) is 5.91 Å². The van der Waals surface area contributed by atoms with Crippen LogP contribution in [0.2, 0.25) is 0 Å². The Morgan fingerprint density at radius 1 is 1.03 bits per heavy atom. The lowest BCUT2D eigenvalue weighted by atomic mass is 9.92. The molecule has 0 saturated heterocycles.